The highest BCUT2D eigenvalue weighted by molar-refractivity contribution is 7.86. The number of urea groups is 1. The van der Waals surface area contributed by atoms with Gasteiger partial charge in [0.2, 0.25) is 11.8 Å². The third-order valence-corrected chi connectivity index (χ3v) is 5.60. The quantitative estimate of drug-likeness (QED) is 0.270. The molecule has 0 saturated carbocycles. The molecule has 1 saturated heterocycles. The lowest BCUT2D eigenvalue weighted by molar-refractivity contribution is -0.148. The van der Waals surface area contributed by atoms with Crippen molar-refractivity contribution in [1.82, 2.24) is 10.6 Å². The van der Waals surface area contributed by atoms with E-state index in [1.807, 2.05) is 13.8 Å². The van der Waals surface area contributed by atoms with E-state index in [0.717, 1.165) is 12.5 Å². The highest BCUT2D eigenvalue weighted by Crippen LogP contribution is 2.35. The number of nitrogens with one attached hydrogen (secondary N) is 2. The molecule has 2 N–H and O–H groups in total. The van der Waals surface area contributed by atoms with Crippen molar-refractivity contribution in [3.8, 4) is 0 Å². The van der Waals surface area contributed by atoms with Crippen molar-refractivity contribution in [1.29, 1.82) is 0 Å². The van der Waals surface area contributed by atoms with E-state index in [9.17, 15) is 31.2 Å². The third-order valence-electron chi connectivity index (χ3n) is 4.41. The largest absolute Gasteiger partial charge is 0.328 e. The summed E-state index contributed by atoms with van der Waals surface area (Å²) in [6, 6.07) is -0.725. The van der Waals surface area contributed by atoms with E-state index in [4.69, 9.17) is 0 Å². The van der Waals surface area contributed by atoms with Crippen LogP contribution in [-0.4, -0.2) is 60.4 Å². The van der Waals surface area contributed by atoms with Crippen LogP contribution >= 0.6 is 0 Å². The van der Waals surface area contributed by atoms with Gasteiger partial charge in [-0.15, -0.1) is 0 Å². The summed E-state index contributed by atoms with van der Waals surface area (Å²) in [5.74, 6) is -1.04. The predicted molar refractivity (Wildman–Crippen MR) is 105 cm³/mol. The summed E-state index contributed by atoms with van der Waals surface area (Å²) in [6.45, 7) is 5.64. The summed E-state index contributed by atoms with van der Waals surface area (Å²) < 4.78 is 50.8. The van der Waals surface area contributed by atoms with Crippen LogP contribution in [0.15, 0.2) is 0 Å². The topological polar surface area (TPSA) is 162 Å². The zero-order valence-electron chi connectivity index (χ0n) is 17.3. The summed E-state index contributed by atoms with van der Waals surface area (Å²) in [5.41, 5.74) is -1.09. The molecule has 4 amide bonds. The Kier molecular flexibility index (Phi) is 10.9. The van der Waals surface area contributed by atoms with Crippen LogP contribution in [0.3, 0.4) is 0 Å². The standard InChI is InChI=1S/C10H16N2O3.C6H14O6S2/c1-4-6(3)10(5-2)7(13)11-9(15)12-8(10)14;1-13(7,8)11-5-3-4-6-12-14(2,9)10/h6H,4-5H2,1-3H3,(H2,11,12,13,14,15);3-6H2,1-2H3. The fraction of sp³-hybridized carbons (Fsp3) is 0.812. The van der Waals surface area contributed by atoms with E-state index in [1.165, 1.54) is 0 Å². The van der Waals surface area contributed by atoms with E-state index in [0.29, 0.717) is 25.7 Å². The van der Waals surface area contributed by atoms with E-state index in [2.05, 4.69) is 19.0 Å². The molecule has 0 spiro atoms. The maximum Gasteiger partial charge on any atom is 0.328 e. The van der Waals surface area contributed by atoms with Crippen molar-refractivity contribution in [2.45, 2.75) is 46.5 Å². The number of hydrogen-bond donors (Lipinski definition) is 2. The van der Waals surface area contributed by atoms with Gasteiger partial charge in [-0.2, -0.15) is 16.8 Å². The van der Waals surface area contributed by atoms with Gasteiger partial charge in [0, 0.05) is 0 Å². The lowest BCUT2D eigenvalue weighted by Crippen LogP contribution is -2.64. The Morgan fingerprint density at radius 3 is 1.52 bits per heavy atom. The highest BCUT2D eigenvalue weighted by atomic mass is 32.2. The molecule has 170 valence electrons. The molecular formula is C16H30N2O9S2. The number of carbonyl (C=O) groups excluding carboxylic acids is 3. The van der Waals surface area contributed by atoms with Gasteiger partial charge in [-0.1, -0.05) is 27.2 Å². The van der Waals surface area contributed by atoms with Crippen LogP contribution in [-0.2, 0) is 38.2 Å². The van der Waals surface area contributed by atoms with Crippen molar-refractivity contribution in [2.24, 2.45) is 11.3 Å². The number of barbiturate groups is 1. The summed E-state index contributed by atoms with van der Waals surface area (Å²) in [6.07, 6.45) is 3.89. The third kappa shape index (κ3) is 9.65. The average Bonchev–Trinajstić information content (AvgIpc) is 2.56. The number of unbranched alkanes of at least 4 members (excludes halogenated alkanes) is 1. The molecule has 1 aliphatic heterocycles. The van der Waals surface area contributed by atoms with E-state index in [1.54, 1.807) is 6.92 Å². The van der Waals surface area contributed by atoms with Crippen molar-refractivity contribution >= 4 is 38.1 Å². The van der Waals surface area contributed by atoms with Gasteiger partial charge < -0.3 is 0 Å². The summed E-state index contributed by atoms with van der Waals surface area (Å²) in [5, 5.41) is 4.31. The van der Waals surface area contributed by atoms with E-state index < -0.39 is 43.5 Å². The van der Waals surface area contributed by atoms with Gasteiger partial charge in [0.15, 0.2) is 0 Å². The van der Waals surface area contributed by atoms with Gasteiger partial charge in [-0.25, -0.2) is 4.79 Å². The molecule has 0 aromatic rings. The molecule has 1 heterocycles. The van der Waals surface area contributed by atoms with E-state index in [-0.39, 0.29) is 19.1 Å². The first kappa shape index (κ1) is 27.4. The zero-order chi connectivity index (χ0) is 22.9. The van der Waals surface area contributed by atoms with Crippen LogP contribution in [0.4, 0.5) is 4.79 Å². The van der Waals surface area contributed by atoms with Gasteiger partial charge in [0.05, 0.1) is 25.7 Å². The van der Waals surface area contributed by atoms with Crippen LogP contribution < -0.4 is 10.6 Å². The Bertz CT molecular complexity index is 735. The minimum atomic E-state index is -3.40. The number of imide groups is 2. The Morgan fingerprint density at radius 2 is 1.24 bits per heavy atom. The lowest BCUT2D eigenvalue weighted by atomic mass is 9.70. The van der Waals surface area contributed by atoms with Crippen LogP contribution in [0.2, 0.25) is 0 Å². The molecule has 0 radical (unpaired) electrons. The van der Waals surface area contributed by atoms with Crippen LogP contribution in [0.1, 0.15) is 46.5 Å². The van der Waals surface area contributed by atoms with Crippen LogP contribution in [0, 0.1) is 11.3 Å². The molecule has 1 aliphatic rings. The fourth-order valence-corrected chi connectivity index (χ4v) is 3.50. The summed E-state index contributed by atoms with van der Waals surface area (Å²) in [7, 11) is -6.80. The smallest absolute Gasteiger partial charge is 0.277 e. The van der Waals surface area contributed by atoms with Gasteiger partial charge >= 0.3 is 6.03 Å². The van der Waals surface area contributed by atoms with Gasteiger partial charge in [-0.3, -0.25) is 28.6 Å². The average molecular weight is 459 g/mol. The summed E-state index contributed by atoms with van der Waals surface area (Å²) >= 11 is 0. The van der Waals surface area contributed by atoms with Gasteiger partial charge in [-0.05, 0) is 25.2 Å². The summed E-state index contributed by atoms with van der Waals surface area (Å²) in [4.78, 5) is 34.5. The fourth-order valence-electron chi connectivity index (χ4n) is 2.65. The van der Waals surface area contributed by atoms with Crippen molar-refractivity contribution in [3.63, 3.8) is 0 Å². The second kappa shape index (κ2) is 11.6. The van der Waals surface area contributed by atoms with Crippen molar-refractivity contribution in [3.05, 3.63) is 0 Å². The Labute approximate surface area is 172 Å². The minimum absolute atomic E-state index is 0.0476. The first-order chi connectivity index (χ1) is 13.2. The second-order valence-corrected chi connectivity index (χ2v) is 9.92. The molecular weight excluding hydrogens is 428 g/mol. The number of hydrogen-bond acceptors (Lipinski definition) is 9. The molecule has 13 heteroatoms. The monoisotopic (exact) mass is 458 g/mol. The van der Waals surface area contributed by atoms with Crippen LogP contribution in [0.25, 0.3) is 0 Å². The maximum absolute atomic E-state index is 11.8. The molecule has 1 atom stereocenters. The predicted octanol–water partition coefficient (Wildman–Crippen LogP) is 0.514. The number of rotatable bonds is 10. The number of carbonyl (C=O) groups is 3. The van der Waals surface area contributed by atoms with Crippen molar-refractivity contribution < 1.29 is 39.6 Å². The first-order valence-electron chi connectivity index (χ1n) is 9.05. The normalized spacial score (nSPS) is 17.6. The Morgan fingerprint density at radius 1 is 0.862 bits per heavy atom. The molecule has 1 unspecified atom stereocenters. The SMILES string of the molecule is CCC(C)C1(CC)C(=O)NC(=O)NC1=O.CS(=O)(=O)OCCCCOS(C)(=O)=O. The Hall–Kier alpha value is -1.57. The molecule has 29 heavy (non-hydrogen) atoms. The first-order valence-corrected chi connectivity index (χ1v) is 12.7. The maximum atomic E-state index is 11.8. The molecule has 0 aromatic carbocycles. The second-order valence-electron chi connectivity index (χ2n) is 6.63. The minimum Gasteiger partial charge on any atom is -0.277 e. The van der Waals surface area contributed by atoms with Gasteiger partial charge in [0.1, 0.15) is 5.41 Å². The lowest BCUT2D eigenvalue weighted by Gasteiger charge is -2.37. The highest BCUT2D eigenvalue weighted by Gasteiger charge is 2.51. The molecule has 0 aliphatic carbocycles. The van der Waals surface area contributed by atoms with Crippen molar-refractivity contribution in [2.75, 3.05) is 25.7 Å². The molecule has 1 rings (SSSR count). The molecule has 0 aromatic heterocycles. The van der Waals surface area contributed by atoms with E-state index >= 15 is 0 Å². The molecule has 1 fully saturated rings. The zero-order valence-corrected chi connectivity index (χ0v) is 18.9. The Balaban J connectivity index is 0.000000543. The molecule has 0 bridgehead atoms. The number of amides is 4. The van der Waals surface area contributed by atoms with Gasteiger partial charge in [0.25, 0.3) is 20.2 Å². The van der Waals surface area contributed by atoms with Crippen LogP contribution in [0.5, 0.6) is 0 Å². The molecule has 11 nitrogen and oxygen atoms in total.